The molecule has 1 amide bonds. The maximum atomic E-state index is 12.5. The standard InChI is InChI=1S/C26H25NO5.C6H6/c1-2-16-31-22-14-10-21(11-15-22)25(28)27-24(26(29)30)17-19-8-12-23(13-9-19)32-18-20-6-4-3-5-7-20;1-2-4-6-5-3-1/h2-15,24H,1,16-18H2,(H,27,28)(H,29,30);1-6H. The normalized spacial score (nSPS) is 10.7. The molecular formula is C32H31NO5. The van der Waals surface area contributed by atoms with Gasteiger partial charge >= 0.3 is 5.97 Å². The number of benzene rings is 4. The highest BCUT2D eigenvalue weighted by atomic mass is 16.5. The second kappa shape index (κ2) is 15.3. The largest absolute Gasteiger partial charge is 0.490 e. The fourth-order valence-electron chi connectivity index (χ4n) is 3.38. The molecule has 0 aliphatic carbocycles. The molecule has 1 atom stereocenters. The molecule has 0 bridgehead atoms. The van der Waals surface area contributed by atoms with Gasteiger partial charge in [0.1, 0.15) is 30.8 Å². The van der Waals surface area contributed by atoms with Crippen molar-refractivity contribution in [3.05, 3.63) is 145 Å². The highest BCUT2D eigenvalue weighted by Crippen LogP contribution is 2.16. The van der Waals surface area contributed by atoms with Gasteiger partial charge in [0.25, 0.3) is 5.91 Å². The first-order valence-corrected chi connectivity index (χ1v) is 12.2. The zero-order valence-electron chi connectivity index (χ0n) is 21.0. The van der Waals surface area contributed by atoms with Gasteiger partial charge in [-0.3, -0.25) is 4.79 Å². The molecular weight excluding hydrogens is 478 g/mol. The zero-order chi connectivity index (χ0) is 27.0. The summed E-state index contributed by atoms with van der Waals surface area (Å²) in [7, 11) is 0. The van der Waals surface area contributed by atoms with E-state index in [1.54, 1.807) is 54.6 Å². The lowest BCUT2D eigenvalue weighted by molar-refractivity contribution is -0.139. The summed E-state index contributed by atoms with van der Waals surface area (Å²) in [4.78, 5) is 24.2. The van der Waals surface area contributed by atoms with Gasteiger partial charge in [0.05, 0.1) is 0 Å². The van der Waals surface area contributed by atoms with Crippen molar-refractivity contribution in [3.8, 4) is 11.5 Å². The fourth-order valence-corrected chi connectivity index (χ4v) is 3.38. The Kier molecular flexibility index (Phi) is 11.2. The van der Waals surface area contributed by atoms with Crippen LogP contribution in [0.4, 0.5) is 0 Å². The Labute approximate surface area is 223 Å². The van der Waals surface area contributed by atoms with Crippen molar-refractivity contribution >= 4 is 11.9 Å². The van der Waals surface area contributed by atoms with Gasteiger partial charge in [-0.05, 0) is 47.5 Å². The third-order valence-corrected chi connectivity index (χ3v) is 5.37. The van der Waals surface area contributed by atoms with Crippen molar-refractivity contribution in [1.82, 2.24) is 5.32 Å². The van der Waals surface area contributed by atoms with E-state index in [4.69, 9.17) is 9.47 Å². The number of aliphatic carboxylic acids is 1. The molecule has 0 saturated heterocycles. The third kappa shape index (κ3) is 9.66. The lowest BCUT2D eigenvalue weighted by atomic mass is 10.1. The Morgan fingerprint density at radius 1 is 0.737 bits per heavy atom. The summed E-state index contributed by atoms with van der Waals surface area (Å²) in [5.74, 6) is -0.276. The van der Waals surface area contributed by atoms with Crippen LogP contribution in [-0.2, 0) is 17.8 Å². The number of carbonyl (C=O) groups is 2. The minimum atomic E-state index is -1.10. The maximum absolute atomic E-state index is 12.5. The van der Waals surface area contributed by atoms with E-state index in [1.807, 2.05) is 66.7 Å². The van der Waals surface area contributed by atoms with E-state index in [0.29, 0.717) is 30.3 Å². The van der Waals surface area contributed by atoms with Crippen LogP contribution in [0.3, 0.4) is 0 Å². The van der Waals surface area contributed by atoms with Crippen LogP contribution in [-0.4, -0.2) is 29.6 Å². The first-order chi connectivity index (χ1) is 18.5. The van der Waals surface area contributed by atoms with Crippen LogP contribution in [0.5, 0.6) is 11.5 Å². The van der Waals surface area contributed by atoms with Crippen molar-refractivity contribution in [1.29, 1.82) is 0 Å². The number of nitrogens with one attached hydrogen (secondary N) is 1. The Morgan fingerprint density at radius 3 is 1.82 bits per heavy atom. The van der Waals surface area contributed by atoms with E-state index in [2.05, 4.69) is 11.9 Å². The lowest BCUT2D eigenvalue weighted by Crippen LogP contribution is -2.42. The van der Waals surface area contributed by atoms with Crippen LogP contribution in [0, 0.1) is 0 Å². The van der Waals surface area contributed by atoms with Gasteiger partial charge in [-0.1, -0.05) is 91.5 Å². The molecule has 194 valence electrons. The van der Waals surface area contributed by atoms with E-state index in [9.17, 15) is 14.7 Å². The smallest absolute Gasteiger partial charge is 0.326 e. The van der Waals surface area contributed by atoms with Gasteiger partial charge in [0.2, 0.25) is 0 Å². The molecule has 0 aliphatic rings. The zero-order valence-corrected chi connectivity index (χ0v) is 21.0. The maximum Gasteiger partial charge on any atom is 0.326 e. The molecule has 4 rings (SSSR count). The number of carbonyl (C=O) groups excluding carboxylic acids is 1. The molecule has 6 heteroatoms. The first-order valence-electron chi connectivity index (χ1n) is 12.2. The molecule has 4 aromatic rings. The number of rotatable bonds is 11. The molecule has 0 spiro atoms. The molecule has 0 radical (unpaired) electrons. The van der Waals surface area contributed by atoms with E-state index >= 15 is 0 Å². The van der Waals surface area contributed by atoms with E-state index in [1.165, 1.54) is 0 Å². The number of carboxylic acid groups (broad SMARTS) is 1. The van der Waals surface area contributed by atoms with Gasteiger partial charge in [0, 0.05) is 12.0 Å². The Hall–Kier alpha value is -4.84. The topological polar surface area (TPSA) is 84.9 Å². The Morgan fingerprint density at radius 2 is 1.26 bits per heavy atom. The first kappa shape index (κ1) is 27.7. The van der Waals surface area contributed by atoms with Gasteiger partial charge < -0.3 is 19.9 Å². The predicted molar refractivity (Wildman–Crippen MR) is 148 cm³/mol. The van der Waals surface area contributed by atoms with E-state index in [0.717, 1.165) is 11.1 Å². The van der Waals surface area contributed by atoms with Crippen LogP contribution >= 0.6 is 0 Å². The van der Waals surface area contributed by atoms with Crippen molar-refractivity contribution in [2.24, 2.45) is 0 Å². The average Bonchev–Trinajstić information content (AvgIpc) is 2.97. The van der Waals surface area contributed by atoms with Gasteiger partial charge in [-0.15, -0.1) is 0 Å². The van der Waals surface area contributed by atoms with Gasteiger partial charge in [-0.25, -0.2) is 4.79 Å². The second-order valence-electron chi connectivity index (χ2n) is 8.27. The minimum Gasteiger partial charge on any atom is -0.490 e. The quantitative estimate of drug-likeness (QED) is 0.244. The number of hydrogen-bond donors (Lipinski definition) is 2. The summed E-state index contributed by atoms with van der Waals surface area (Å²) in [6, 6.07) is 34.4. The van der Waals surface area contributed by atoms with Crippen molar-refractivity contribution in [3.63, 3.8) is 0 Å². The highest BCUT2D eigenvalue weighted by molar-refractivity contribution is 5.96. The van der Waals surface area contributed by atoms with E-state index in [-0.39, 0.29) is 6.42 Å². The Balaban J connectivity index is 0.000000585. The molecule has 0 saturated carbocycles. The average molecular weight is 510 g/mol. The molecule has 6 nitrogen and oxygen atoms in total. The predicted octanol–water partition coefficient (Wildman–Crippen LogP) is 5.94. The molecule has 0 heterocycles. The number of hydrogen-bond acceptors (Lipinski definition) is 4. The van der Waals surface area contributed by atoms with Crippen LogP contribution in [0.2, 0.25) is 0 Å². The summed E-state index contributed by atoms with van der Waals surface area (Å²) in [6.07, 6.45) is 1.78. The lowest BCUT2D eigenvalue weighted by Gasteiger charge is -2.15. The monoisotopic (exact) mass is 509 g/mol. The molecule has 2 N–H and O–H groups in total. The molecule has 38 heavy (non-hydrogen) atoms. The second-order valence-corrected chi connectivity index (χ2v) is 8.27. The number of ether oxygens (including phenoxy) is 2. The highest BCUT2D eigenvalue weighted by Gasteiger charge is 2.21. The number of amides is 1. The number of carboxylic acids is 1. The molecule has 0 fully saturated rings. The summed E-state index contributed by atoms with van der Waals surface area (Å²) in [5, 5.41) is 12.1. The summed E-state index contributed by atoms with van der Waals surface area (Å²) >= 11 is 0. The van der Waals surface area contributed by atoms with Crippen LogP contribution < -0.4 is 14.8 Å². The SMILES string of the molecule is C=CCOc1ccc(C(=O)NC(Cc2ccc(OCc3ccccc3)cc2)C(=O)O)cc1.c1ccccc1. The van der Waals surface area contributed by atoms with Crippen molar-refractivity contribution < 1.29 is 24.2 Å². The minimum absolute atomic E-state index is 0.153. The summed E-state index contributed by atoms with van der Waals surface area (Å²) < 4.78 is 11.1. The van der Waals surface area contributed by atoms with Crippen LogP contribution in [0.1, 0.15) is 21.5 Å². The van der Waals surface area contributed by atoms with Gasteiger partial charge in [-0.2, -0.15) is 0 Å². The summed E-state index contributed by atoms with van der Waals surface area (Å²) in [5.41, 5.74) is 2.19. The summed E-state index contributed by atoms with van der Waals surface area (Å²) in [6.45, 7) is 4.39. The van der Waals surface area contributed by atoms with Crippen LogP contribution in [0.15, 0.2) is 128 Å². The van der Waals surface area contributed by atoms with Crippen LogP contribution in [0.25, 0.3) is 0 Å². The van der Waals surface area contributed by atoms with Gasteiger partial charge in [0.15, 0.2) is 0 Å². The molecule has 1 unspecified atom stereocenters. The molecule has 0 aliphatic heterocycles. The third-order valence-electron chi connectivity index (χ3n) is 5.37. The molecule has 4 aromatic carbocycles. The fraction of sp³-hybridized carbons (Fsp3) is 0.125. The Bertz CT molecular complexity index is 1230. The van der Waals surface area contributed by atoms with Crippen molar-refractivity contribution in [2.75, 3.05) is 6.61 Å². The molecule has 0 aromatic heterocycles. The van der Waals surface area contributed by atoms with Crippen molar-refractivity contribution in [2.45, 2.75) is 19.1 Å². The van der Waals surface area contributed by atoms with E-state index < -0.39 is 17.9 Å².